The summed E-state index contributed by atoms with van der Waals surface area (Å²) in [5.41, 5.74) is 3.07. The van der Waals surface area contributed by atoms with E-state index in [2.05, 4.69) is 32.1 Å². The van der Waals surface area contributed by atoms with Gasteiger partial charge in [-0.3, -0.25) is 14.6 Å². The number of benzene rings is 5. The second kappa shape index (κ2) is 19.9. The molecule has 5 aromatic rings. The van der Waals surface area contributed by atoms with Crippen LogP contribution in [-0.4, -0.2) is 94.9 Å². The number of carbonyl (C=O) groups excluding carboxylic acids is 1. The van der Waals surface area contributed by atoms with Crippen molar-refractivity contribution >= 4 is 50.7 Å². The lowest BCUT2D eigenvalue weighted by molar-refractivity contribution is -0.137. The van der Waals surface area contributed by atoms with Crippen molar-refractivity contribution in [1.29, 1.82) is 0 Å². The van der Waals surface area contributed by atoms with Gasteiger partial charge in [-0.2, -0.15) is 13.2 Å². The van der Waals surface area contributed by atoms with E-state index in [9.17, 15) is 26.4 Å². The summed E-state index contributed by atoms with van der Waals surface area (Å²) in [6.45, 7) is 7.27. The first-order valence-electron chi connectivity index (χ1n) is 19.9. The Morgan fingerprint density at radius 1 is 0.800 bits per heavy atom. The van der Waals surface area contributed by atoms with Gasteiger partial charge in [0.2, 0.25) is 0 Å². The molecule has 7 rings (SSSR count). The number of thioether (sulfide) groups is 1. The van der Waals surface area contributed by atoms with Crippen LogP contribution in [0.15, 0.2) is 131 Å². The molecule has 2 heterocycles. The Balaban J connectivity index is 0.972. The number of hydrogen-bond acceptors (Lipinski definition) is 9. The number of nitrogens with one attached hydrogen (secondary N) is 2. The molecule has 2 fully saturated rings. The number of anilines is 2. The number of halogens is 4. The SMILES string of the molecule is O=C(NS(=O)(=O)c1ccc(N[C@H](CCN2CCOCC2)CSc2ccccc2)c(C(F)(F)F)c1)c1ccc(N2CCN(Cc3ccccc3-c3ccc(Cl)cc3)CC2)cc1. The monoisotopic (exact) mass is 877 g/mol. The van der Waals surface area contributed by atoms with Gasteiger partial charge in [0, 0.05) is 91.0 Å². The Bertz CT molecular complexity index is 2310. The minimum absolute atomic E-state index is 0.0631. The van der Waals surface area contributed by atoms with E-state index in [0.29, 0.717) is 43.0 Å². The molecule has 0 unspecified atom stereocenters. The summed E-state index contributed by atoms with van der Waals surface area (Å²) in [6.07, 6.45) is -4.31. The summed E-state index contributed by atoms with van der Waals surface area (Å²) in [5.74, 6) is -0.458. The van der Waals surface area contributed by atoms with Crippen molar-refractivity contribution in [2.75, 3.05) is 75.0 Å². The number of carbonyl (C=O) groups is 1. The second-order valence-electron chi connectivity index (χ2n) is 14.8. The molecule has 2 N–H and O–H groups in total. The zero-order valence-corrected chi connectivity index (χ0v) is 35.3. The first-order chi connectivity index (χ1) is 28.9. The maximum atomic E-state index is 14.6. The molecule has 5 aromatic carbocycles. The standard InChI is InChI=1S/C45H47ClF3N5O4S2/c46-36-14-10-33(11-15-36)41-9-5-4-6-35(41)31-53-22-24-54(25-23-53)38-16-12-34(13-17-38)44(55)51-60(56,57)40-18-19-43(42(30-40)45(47,48)49)50-37(20-21-52-26-28-58-29-27-52)32-59-39-7-2-1-3-8-39/h1-19,30,37,50H,20-29,31-32H2,(H,51,55)/t37-/m1/s1. The maximum Gasteiger partial charge on any atom is 0.418 e. The maximum absolute atomic E-state index is 14.6. The van der Waals surface area contributed by atoms with Gasteiger partial charge >= 0.3 is 6.18 Å². The fraction of sp³-hybridized carbons (Fsp3) is 0.311. The number of rotatable bonds is 15. The van der Waals surface area contributed by atoms with Gasteiger partial charge in [0.05, 0.1) is 23.7 Å². The summed E-state index contributed by atoms with van der Waals surface area (Å²) in [4.78, 5) is 20.3. The molecule has 0 aliphatic carbocycles. The van der Waals surface area contributed by atoms with Crippen molar-refractivity contribution in [2.45, 2.75) is 35.0 Å². The van der Waals surface area contributed by atoms with Gasteiger partial charge in [-0.05, 0) is 89.8 Å². The average Bonchev–Trinajstić information content (AvgIpc) is 3.26. The lowest BCUT2D eigenvalue weighted by Crippen LogP contribution is -2.46. The molecule has 0 bridgehead atoms. The average molecular weight is 878 g/mol. The van der Waals surface area contributed by atoms with E-state index in [1.165, 1.54) is 29.5 Å². The van der Waals surface area contributed by atoms with Crippen LogP contribution in [0.2, 0.25) is 5.02 Å². The number of amides is 1. The number of sulfonamides is 1. The molecule has 0 aromatic heterocycles. The Hall–Kier alpha value is -4.57. The Kier molecular flexibility index (Phi) is 14.4. The molecular formula is C45H47ClF3N5O4S2. The molecule has 0 radical (unpaired) electrons. The Morgan fingerprint density at radius 2 is 1.48 bits per heavy atom. The summed E-state index contributed by atoms with van der Waals surface area (Å²) in [6, 6.07) is 34.7. The normalized spacial score (nSPS) is 16.0. The van der Waals surface area contributed by atoms with Crippen LogP contribution in [-0.2, 0) is 27.5 Å². The van der Waals surface area contributed by atoms with Crippen LogP contribution in [0.4, 0.5) is 24.5 Å². The molecular weight excluding hydrogens is 831 g/mol. The molecule has 2 saturated heterocycles. The van der Waals surface area contributed by atoms with Gasteiger partial charge in [-0.15, -0.1) is 11.8 Å². The predicted molar refractivity (Wildman–Crippen MR) is 233 cm³/mol. The van der Waals surface area contributed by atoms with Gasteiger partial charge in [-0.25, -0.2) is 13.1 Å². The molecule has 2 aliphatic heterocycles. The van der Waals surface area contributed by atoms with Gasteiger partial charge in [0.1, 0.15) is 0 Å². The zero-order chi connectivity index (χ0) is 42.1. The Labute approximate surface area is 358 Å². The third kappa shape index (κ3) is 11.6. The quantitative estimate of drug-likeness (QED) is 0.100. The van der Waals surface area contributed by atoms with Crippen LogP contribution in [0.3, 0.4) is 0 Å². The summed E-state index contributed by atoms with van der Waals surface area (Å²) in [5, 5.41) is 3.77. The molecule has 316 valence electrons. The number of alkyl halides is 3. The molecule has 2 aliphatic rings. The van der Waals surface area contributed by atoms with Crippen LogP contribution in [0, 0.1) is 0 Å². The minimum atomic E-state index is -4.87. The van der Waals surface area contributed by atoms with Crippen molar-refractivity contribution in [2.24, 2.45) is 0 Å². The largest absolute Gasteiger partial charge is 0.418 e. The van der Waals surface area contributed by atoms with Crippen molar-refractivity contribution in [3.05, 3.63) is 143 Å². The lowest BCUT2D eigenvalue weighted by Gasteiger charge is -2.36. The molecule has 15 heteroatoms. The highest BCUT2D eigenvalue weighted by molar-refractivity contribution is 7.99. The number of ether oxygens (including phenoxy) is 1. The van der Waals surface area contributed by atoms with Crippen LogP contribution in [0.25, 0.3) is 11.1 Å². The predicted octanol–water partition coefficient (Wildman–Crippen LogP) is 8.76. The van der Waals surface area contributed by atoms with Crippen molar-refractivity contribution in [3.63, 3.8) is 0 Å². The zero-order valence-electron chi connectivity index (χ0n) is 32.9. The summed E-state index contributed by atoms with van der Waals surface area (Å²) in [7, 11) is -4.66. The first kappa shape index (κ1) is 43.5. The third-order valence-electron chi connectivity index (χ3n) is 10.7. The topological polar surface area (TPSA) is 94.2 Å². The molecule has 9 nitrogen and oxygen atoms in total. The Morgan fingerprint density at radius 3 is 2.18 bits per heavy atom. The van der Waals surface area contributed by atoms with Crippen LogP contribution < -0.4 is 14.9 Å². The number of hydrogen-bond donors (Lipinski definition) is 2. The fourth-order valence-electron chi connectivity index (χ4n) is 7.38. The van der Waals surface area contributed by atoms with Crippen LogP contribution in [0.5, 0.6) is 0 Å². The van der Waals surface area contributed by atoms with Crippen molar-refractivity contribution < 1.29 is 31.1 Å². The van der Waals surface area contributed by atoms with Gasteiger partial charge in [0.15, 0.2) is 0 Å². The highest BCUT2D eigenvalue weighted by Crippen LogP contribution is 2.37. The van der Waals surface area contributed by atoms with Gasteiger partial charge in [-0.1, -0.05) is 66.2 Å². The molecule has 0 saturated carbocycles. The van der Waals surface area contributed by atoms with E-state index in [-0.39, 0.29) is 17.3 Å². The van der Waals surface area contributed by atoms with E-state index in [1.54, 1.807) is 12.1 Å². The lowest BCUT2D eigenvalue weighted by atomic mass is 9.99. The number of nitrogens with zero attached hydrogens (tertiary/aromatic N) is 3. The van der Waals surface area contributed by atoms with Gasteiger partial charge < -0.3 is 15.0 Å². The second-order valence-corrected chi connectivity index (χ2v) is 18.0. The molecule has 60 heavy (non-hydrogen) atoms. The number of piperazine rings is 1. The summed E-state index contributed by atoms with van der Waals surface area (Å²) < 4.78 is 77.9. The van der Waals surface area contributed by atoms with Crippen LogP contribution in [0.1, 0.15) is 27.9 Å². The van der Waals surface area contributed by atoms with E-state index < -0.39 is 32.6 Å². The third-order valence-corrected chi connectivity index (χ3v) is 13.5. The van der Waals surface area contributed by atoms with Gasteiger partial charge in [0.25, 0.3) is 15.9 Å². The number of morpholine rings is 1. The minimum Gasteiger partial charge on any atom is -0.381 e. The van der Waals surface area contributed by atoms with E-state index in [1.807, 2.05) is 71.5 Å². The molecule has 1 atom stereocenters. The van der Waals surface area contributed by atoms with E-state index >= 15 is 0 Å². The van der Waals surface area contributed by atoms with Crippen LogP contribution >= 0.6 is 23.4 Å². The molecule has 0 spiro atoms. The molecule has 1 amide bonds. The van der Waals surface area contributed by atoms with E-state index in [0.717, 1.165) is 79.7 Å². The smallest absolute Gasteiger partial charge is 0.381 e. The van der Waals surface area contributed by atoms with Crippen molar-refractivity contribution in [1.82, 2.24) is 14.5 Å². The summed E-state index contributed by atoms with van der Waals surface area (Å²) >= 11 is 7.64. The fourth-order valence-corrected chi connectivity index (χ4v) is 9.50. The first-order valence-corrected chi connectivity index (χ1v) is 22.7. The highest BCUT2D eigenvalue weighted by Gasteiger charge is 2.36. The highest BCUT2D eigenvalue weighted by atomic mass is 35.5. The van der Waals surface area contributed by atoms with Crippen molar-refractivity contribution in [3.8, 4) is 11.1 Å². The van der Waals surface area contributed by atoms with E-state index in [4.69, 9.17) is 16.3 Å².